The zero-order valence-electron chi connectivity index (χ0n) is 18.7. The molecule has 35 heavy (non-hydrogen) atoms. The summed E-state index contributed by atoms with van der Waals surface area (Å²) in [7, 11) is -2.21. The van der Waals surface area contributed by atoms with Gasteiger partial charge in [0, 0.05) is 11.3 Å². The van der Waals surface area contributed by atoms with Gasteiger partial charge in [-0.15, -0.1) is 16.4 Å². The van der Waals surface area contributed by atoms with Crippen LogP contribution in [-0.4, -0.2) is 41.6 Å². The number of aromatic nitrogens is 3. The Morgan fingerprint density at radius 3 is 2.54 bits per heavy atom. The molecule has 0 aliphatic heterocycles. The number of nitrogens with zero attached hydrogens (tertiary/aromatic N) is 3. The van der Waals surface area contributed by atoms with E-state index in [1.807, 2.05) is 30.3 Å². The fourth-order valence-corrected chi connectivity index (χ4v) is 5.73. The fourth-order valence-electron chi connectivity index (χ4n) is 3.37. The molecule has 1 unspecified atom stereocenters. The van der Waals surface area contributed by atoms with Crippen molar-refractivity contribution in [2.75, 3.05) is 7.11 Å². The lowest BCUT2D eigenvalue weighted by atomic mass is 10.1. The van der Waals surface area contributed by atoms with Crippen LogP contribution in [0.3, 0.4) is 0 Å². The predicted molar refractivity (Wildman–Crippen MR) is 129 cm³/mol. The Hall–Kier alpha value is -3.58. The third-order valence-corrected chi connectivity index (χ3v) is 8.25. The van der Waals surface area contributed by atoms with Gasteiger partial charge in [-0.05, 0) is 35.4 Å². The first-order valence-corrected chi connectivity index (χ1v) is 12.8. The van der Waals surface area contributed by atoms with E-state index < -0.39 is 22.0 Å². The van der Waals surface area contributed by atoms with Gasteiger partial charge < -0.3 is 4.74 Å². The zero-order valence-corrected chi connectivity index (χ0v) is 20.3. The van der Waals surface area contributed by atoms with Crippen LogP contribution in [-0.2, 0) is 27.8 Å². The highest BCUT2D eigenvalue weighted by Gasteiger charge is 2.23. The van der Waals surface area contributed by atoms with Crippen molar-refractivity contribution in [3.8, 4) is 16.2 Å². The number of carbonyl (C=O) groups excluding carboxylic acids is 1. The summed E-state index contributed by atoms with van der Waals surface area (Å²) in [6, 6.07) is 19.1. The second-order valence-electron chi connectivity index (χ2n) is 7.54. The van der Waals surface area contributed by atoms with Crippen molar-refractivity contribution in [3.63, 3.8) is 0 Å². The van der Waals surface area contributed by atoms with Gasteiger partial charge in [0.25, 0.3) is 5.91 Å². The van der Waals surface area contributed by atoms with Crippen LogP contribution < -0.4 is 14.9 Å². The van der Waals surface area contributed by atoms with Crippen LogP contribution in [0, 0.1) is 0 Å². The van der Waals surface area contributed by atoms with Gasteiger partial charge >= 0.3 is 0 Å². The highest BCUT2D eigenvalue weighted by Crippen LogP contribution is 2.30. The number of hydroxylamine groups is 1. The number of amides is 1. The van der Waals surface area contributed by atoms with E-state index in [4.69, 9.17) is 4.74 Å². The van der Waals surface area contributed by atoms with Crippen molar-refractivity contribution in [1.82, 2.24) is 25.2 Å². The number of methoxy groups -OCH3 is 1. The van der Waals surface area contributed by atoms with Crippen molar-refractivity contribution in [3.05, 3.63) is 84.2 Å². The summed E-state index contributed by atoms with van der Waals surface area (Å²) >= 11 is 1.17. The molecule has 0 fully saturated rings. The van der Waals surface area contributed by atoms with E-state index in [1.165, 1.54) is 22.2 Å². The number of benzene rings is 2. The molecule has 2 heterocycles. The fraction of sp³-hybridized carbons (Fsp3) is 0.174. The first kappa shape index (κ1) is 24.5. The molecule has 0 saturated heterocycles. The lowest BCUT2D eigenvalue weighted by molar-refractivity contribution is -0.133. The standard InChI is InChI=1S/C23H23N5O5S2/c1-33-19-9-7-16(8-10-19)13-20(23(29)26-30)28-15-18(25-27-28)14-24-35(31,32)22-12-11-21(34-22)17-5-3-2-4-6-17/h2-12,15,20,24,30H,13-14H2,1H3,(H,26,29). The summed E-state index contributed by atoms with van der Waals surface area (Å²) in [6.45, 7) is -0.114. The first-order valence-electron chi connectivity index (χ1n) is 10.5. The molecule has 0 bridgehead atoms. The van der Waals surface area contributed by atoms with Crippen molar-refractivity contribution in [2.24, 2.45) is 0 Å². The maximum atomic E-state index is 12.8. The molecule has 2 aromatic heterocycles. The molecule has 4 rings (SSSR count). The summed E-state index contributed by atoms with van der Waals surface area (Å²) in [5.74, 6) is -0.00117. The SMILES string of the molecule is COc1ccc(CC(C(=O)NO)n2cc(CNS(=O)(=O)c3ccc(-c4ccccc4)s3)nn2)cc1. The Kier molecular flexibility index (Phi) is 7.56. The molecular weight excluding hydrogens is 490 g/mol. The smallest absolute Gasteiger partial charge is 0.268 e. The van der Waals surface area contributed by atoms with Crippen LogP contribution in [0.1, 0.15) is 17.3 Å². The maximum Gasteiger partial charge on any atom is 0.268 e. The number of nitrogens with one attached hydrogen (secondary N) is 2. The number of hydrogen-bond donors (Lipinski definition) is 3. The zero-order chi connectivity index (χ0) is 24.8. The summed E-state index contributed by atoms with van der Waals surface area (Å²) in [5, 5.41) is 17.1. The molecule has 0 aliphatic rings. The second-order valence-corrected chi connectivity index (χ2v) is 10.6. The molecule has 1 amide bonds. The number of rotatable bonds is 10. The van der Waals surface area contributed by atoms with E-state index in [0.29, 0.717) is 11.4 Å². The normalized spacial score (nSPS) is 12.3. The van der Waals surface area contributed by atoms with Gasteiger partial charge in [-0.25, -0.2) is 23.3 Å². The van der Waals surface area contributed by atoms with Crippen LogP contribution >= 0.6 is 11.3 Å². The molecule has 12 heteroatoms. The number of carbonyl (C=O) groups is 1. The van der Waals surface area contributed by atoms with Gasteiger partial charge in [0.15, 0.2) is 0 Å². The summed E-state index contributed by atoms with van der Waals surface area (Å²) < 4.78 is 34.7. The van der Waals surface area contributed by atoms with Gasteiger partial charge in [0.2, 0.25) is 10.0 Å². The van der Waals surface area contributed by atoms with Crippen LogP contribution in [0.15, 0.2) is 77.1 Å². The maximum absolute atomic E-state index is 12.8. The highest BCUT2D eigenvalue weighted by molar-refractivity contribution is 7.91. The third-order valence-electron chi connectivity index (χ3n) is 5.23. The van der Waals surface area contributed by atoms with Crippen molar-refractivity contribution < 1.29 is 23.2 Å². The van der Waals surface area contributed by atoms with E-state index in [9.17, 15) is 18.4 Å². The third kappa shape index (κ3) is 5.92. The van der Waals surface area contributed by atoms with E-state index >= 15 is 0 Å². The van der Waals surface area contributed by atoms with Crippen molar-refractivity contribution in [1.29, 1.82) is 0 Å². The topological polar surface area (TPSA) is 135 Å². The second kappa shape index (κ2) is 10.8. The lowest BCUT2D eigenvalue weighted by Crippen LogP contribution is -2.32. The molecule has 10 nitrogen and oxygen atoms in total. The van der Waals surface area contributed by atoms with Gasteiger partial charge in [0.05, 0.1) is 25.5 Å². The van der Waals surface area contributed by atoms with Crippen LogP contribution in [0.2, 0.25) is 0 Å². The Bertz CT molecular complexity index is 1390. The molecule has 0 aliphatic carbocycles. The van der Waals surface area contributed by atoms with Gasteiger partial charge in [-0.3, -0.25) is 10.0 Å². The minimum Gasteiger partial charge on any atom is -0.497 e. The van der Waals surface area contributed by atoms with E-state index in [1.54, 1.807) is 49.0 Å². The minimum atomic E-state index is -3.77. The Morgan fingerprint density at radius 1 is 1.11 bits per heavy atom. The summed E-state index contributed by atoms with van der Waals surface area (Å²) in [6.07, 6.45) is 1.69. The summed E-state index contributed by atoms with van der Waals surface area (Å²) in [4.78, 5) is 13.1. The quantitative estimate of drug-likeness (QED) is 0.219. The molecule has 0 spiro atoms. The average molecular weight is 514 g/mol. The van der Waals surface area contributed by atoms with Crippen LogP contribution in [0.4, 0.5) is 0 Å². The monoisotopic (exact) mass is 513 g/mol. The van der Waals surface area contributed by atoms with Gasteiger partial charge in [0.1, 0.15) is 16.0 Å². The molecule has 4 aromatic rings. The highest BCUT2D eigenvalue weighted by atomic mass is 32.2. The Balaban J connectivity index is 1.45. The number of ether oxygens (including phenoxy) is 1. The van der Waals surface area contributed by atoms with E-state index in [0.717, 1.165) is 16.0 Å². The molecule has 0 radical (unpaired) electrons. The number of thiophene rings is 1. The molecule has 182 valence electrons. The molecule has 1 atom stereocenters. The predicted octanol–water partition coefficient (Wildman–Crippen LogP) is 2.78. The van der Waals surface area contributed by atoms with Gasteiger partial charge in [-0.2, -0.15) is 0 Å². The average Bonchev–Trinajstić information content (AvgIpc) is 3.57. The van der Waals surface area contributed by atoms with Gasteiger partial charge in [-0.1, -0.05) is 47.7 Å². The minimum absolute atomic E-state index is 0.114. The van der Waals surface area contributed by atoms with Crippen molar-refractivity contribution in [2.45, 2.75) is 23.2 Å². The Labute approximate surface area is 206 Å². The van der Waals surface area contributed by atoms with E-state index in [2.05, 4.69) is 15.0 Å². The number of sulfonamides is 1. The largest absolute Gasteiger partial charge is 0.497 e. The van der Waals surface area contributed by atoms with Crippen LogP contribution in [0.5, 0.6) is 5.75 Å². The molecule has 0 saturated carbocycles. The Morgan fingerprint density at radius 2 is 1.86 bits per heavy atom. The van der Waals surface area contributed by atoms with Crippen molar-refractivity contribution >= 4 is 27.3 Å². The number of hydrogen-bond acceptors (Lipinski definition) is 8. The molecular formula is C23H23N5O5S2. The van der Waals surface area contributed by atoms with Crippen LogP contribution in [0.25, 0.3) is 10.4 Å². The lowest BCUT2D eigenvalue weighted by Gasteiger charge is -2.15. The molecule has 2 aromatic carbocycles. The molecule has 3 N–H and O–H groups in total. The van der Waals surface area contributed by atoms with E-state index in [-0.39, 0.29) is 17.2 Å². The summed E-state index contributed by atoms with van der Waals surface area (Å²) in [5.41, 5.74) is 3.71. The first-order chi connectivity index (χ1) is 16.9.